The summed E-state index contributed by atoms with van der Waals surface area (Å²) in [5.41, 5.74) is 6.12. The first-order valence-electron chi connectivity index (χ1n) is 7.44. The van der Waals surface area contributed by atoms with Crippen LogP contribution >= 0.6 is 0 Å². The van der Waals surface area contributed by atoms with Gasteiger partial charge in [0, 0.05) is 13.0 Å². The van der Waals surface area contributed by atoms with Gasteiger partial charge < -0.3 is 15.4 Å². The highest BCUT2D eigenvalue weighted by Gasteiger charge is 2.31. The van der Waals surface area contributed by atoms with Gasteiger partial charge in [0.15, 0.2) is 11.6 Å². The van der Waals surface area contributed by atoms with Crippen molar-refractivity contribution in [2.45, 2.75) is 38.1 Å². The smallest absolute Gasteiger partial charge is 0.240 e. The summed E-state index contributed by atoms with van der Waals surface area (Å²) in [7, 11) is 1.42. The minimum atomic E-state index is -0.467. The lowest BCUT2D eigenvalue weighted by Gasteiger charge is -2.22. The second-order valence-corrected chi connectivity index (χ2v) is 5.47. The third-order valence-electron chi connectivity index (χ3n) is 3.97. The van der Waals surface area contributed by atoms with Gasteiger partial charge in [0.2, 0.25) is 11.8 Å². The van der Waals surface area contributed by atoms with Crippen molar-refractivity contribution in [2.75, 3.05) is 13.7 Å². The summed E-state index contributed by atoms with van der Waals surface area (Å²) in [6.45, 7) is 0.587. The summed E-state index contributed by atoms with van der Waals surface area (Å²) >= 11 is 0. The Morgan fingerprint density at radius 3 is 2.86 bits per heavy atom. The minimum Gasteiger partial charge on any atom is -0.494 e. The molecule has 22 heavy (non-hydrogen) atoms. The number of hydrogen-bond donors (Lipinski definition) is 1. The molecule has 1 aromatic rings. The standard InChI is InChI=1S/C16H21FN2O3/c1-22-14-8-7-11(10-12(14)17)4-2-6-15(20)19-9-3-5-13(19)16(18)21/h7-8,10,13H,2-6,9H2,1H3,(H2,18,21)/t13-/m0/s1. The molecule has 0 bridgehead atoms. The molecule has 0 unspecified atom stereocenters. The fourth-order valence-corrected chi connectivity index (χ4v) is 2.81. The average molecular weight is 308 g/mol. The maximum atomic E-state index is 13.6. The third kappa shape index (κ3) is 3.75. The zero-order chi connectivity index (χ0) is 16.1. The second-order valence-electron chi connectivity index (χ2n) is 5.47. The van der Waals surface area contributed by atoms with Gasteiger partial charge in [0.05, 0.1) is 7.11 Å². The molecular formula is C16H21FN2O3. The molecule has 2 N–H and O–H groups in total. The van der Waals surface area contributed by atoms with Crippen LogP contribution in [0.3, 0.4) is 0 Å². The van der Waals surface area contributed by atoms with E-state index in [4.69, 9.17) is 10.5 Å². The fraction of sp³-hybridized carbons (Fsp3) is 0.500. The molecule has 0 aromatic heterocycles. The van der Waals surface area contributed by atoms with Gasteiger partial charge in [0.25, 0.3) is 0 Å². The predicted octanol–water partition coefficient (Wildman–Crippen LogP) is 1.63. The first-order valence-corrected chi connectivity index (χ1v) is 7.44. The van der Waals surface area contributed by atoms with Crippen LogP contribution in [0.1, 0.15) is 31.2 Å². The molecule has 1 fully saturated rings. The van der Waals surface area contributed by atoms with Crippen LogP contribution < -0.4 is 10.5 Å². The first kappa shape index (κ1) is 16.3. The van der Waals surface area contributed by atoms with E-state index in [1.807, 2.05) is 0 Å². The SMILES string of the molecule is COc1ccc(CCCC(=O)N2CCC[C@H]2C(N)=O)cc1F. The minimum absolute atomic E-state index is 0.0599. The predicted molar refractivity (Wildman–Crippen MR) is 79.8 cm³/mol. The van der Waals surface area contributed by atoms with E-state index in [9.17, 15) is 14.0 Å². The number of carbonyl (C=O) groups excluding carboxylic acids is 2. The Balaban J connectivity index is 1.84. The molecule has 6 heteroatoms. The van der Waals surface area contributed by atoms with E-state index in [0.717, 1.165) is 12.0 Å². The summed E-state index contributed by atoms with van der Waals surface area (Å²) in [4.78, 5) is 25.0. The monoisotopic (exact) mass is 308 g/mol. The Bertz CT molecular complexity index is 562. The van der Waals surface area contributed by atoms with Crippen LogP contribution in [-0.4, -0.2) is 36.4 Å². The number of nitrogens with two attached hydrogens (primary N) is 1. The average Bonchev–Trinajstić information content (AvgIpc) is 2.97. The van der Waals surface area contributed by atoms with E-state index >= 15 is 0 Å². The molecule has 0 saturated carbocycles. The van der Waals surface area contributed by atoms with Gasteiger partial charge in [-0.1, -0.05) is 6.07 Å². The highest BCUT2D eigenvalue weighted by Crippen LogP contribution is 2.21. The summed E-state index contributed by atoms with van der Waals surface area (Å²) in [5, 5.41) is 0. The topological polar surface area (TPSA) is 72.6 Å². The van der Waals surface area contributed by atoms with Crippen LogP contribution in [0.5, 0.6) is 5.75 Å². The number of likely N-dealkylation sites (tertiary alicyclic amines) is 1. The first-order chi connectivity index (χ1) is 10.5. The lowest BCUT2D eigenvalue weighted by molar-refractivity contribution is -0.137. The highest BCUT2D eigenvalue weighted by atomic mass is 19.1. The van der Waals surface area contributed by atoms with Gasteiger partial charge in [0.1, 0.15) is 6.04 Å². The molecule has 5 nitrogen and oxygen atoms in total. The number of nitrogens with zero attached hydrogens (tertiary/aromatic N) is 1. The normalized spacial score (nSPS) is 17.5. The maximum Gasteiger partial charge on any atom is 0.240 e. The van der Waals surface area contributed by atoms with E-state index in [0.29, 0.717) is 32.2 Å². The Morgan fingerprint density at radius 1 is 1.45 bits per heavy atom. The van der Waals surface area contributed by atoms with Crippen LogP contribution in [0.15, 0.2) is 18.2 Å². The summed E-state index contributed by atoms with van der Waals surface area (Å²) < 4.78 is 18.4. The molecule has 1 heterocycles. The lowest BCUT2D eigenvalue weighted by atomic mass is 10.1. The molecule has 1 atom stereocenters. The second kappa shape index (κ2) is 7.24. The van der Waals surface area contributed by atoms with Crippen LogP contribution in [0.25, 0.3) is 0 Å². The Kier molecular flexibility index (Phi) is 5.35. The van der Waals surface area contributed by atoms with Crippen molar-refractivity contribution >= 4 is 11.8 Å². The van der Waals surface area contributed by atoms with Gasteiger partial charge in [-0.3, -0.25) is 9.59 Å². The summed E-state index contributed by atoms with van der Waals surface area (Å²) in [6.07, 6.45) is 2.99. The quantitative estimate of drug-likeness (QED) is 0.868. The summed E-state index contributed by atoms with van der Waals surface area (Å²) in [6, 6.07) is 4.32. The molecule has 1 aliphatic heterocycles. The van der Waals surface area contributed by atoms with Gasteiger partial charge in [-0.25, -0.2) is 4.39 Å². The van der Waals surface area contributed by atoms with Crippen molar-refractivity contribution in [1.82, 2.24) is 4.90 Å². The molecule has 2 amide bonds. The van der Waals surface area contributed by atoms with Gasteiger partial charge in [-0.2, -0.15) is 0 Å². The number of ether oxygens (including phenoxy) is 1. The van der Waals surface area contributed by atoms with Crippen LogP contribution in [0, 0.1) is 5.82 Å². The van der Waals surface area contributed by atoms with Gasteiger partial charge in [-0.05, 0) is 43.4 Å². The molecule has 0 radical (unpaired) electrons. The van der Waals surface area contributed by atoms with Gasteiger partial charge >= 0.3 is 0 Å². The van der Waals surface area contributed by atoms with E-state index < -0.39 is 17.8 Å². The number of benzene rings is 1. The number of rotatable bonds is 6. The van der Waals surface area contributed by atoms with E-state index in [-0.39, 0.29) is 11.7 Å². The zero-order valence-corrected chi connectivity index (χ0v) is 12.7. The number of aryl methyl sites for hydroxylation is 1. The molecule has 0 spiro atoms. The lowest BCUT2D eigenvalue weighted by Crippen LogP contribution is -2.43. The third-order valence-corrected chi connectivity index (χ3v) is 3.97. The Hall–Kier alpha value is -2.11. The van der Waals surface area contributed by atoms with Crippen molar-refractivity contribution in [3.63, 3.8) is 0 Å². The number of primary amides is 1. The molecule has 1 aromatic carbocycles. The number of amides is 2. The highest BCUT2D eigenvalue weighted by molar-refractivity contribution is 5.87. The fourth-order valence-electron chi connectivity index (χ4n) is 2.81. The van der Waals surface area contributed by atoms with Crippen LogP contribution in [-0.2, 0) is 16.0 Å². The van der Waals surface area contributed by atoms with E-state index in [1.165, 1.54) is 13.2 Å². The zero-order valence-electron chi connectivity index (χ0n) is 12.7. The summed E-state index contributed by atoms with van der Waals surface area (Å²) in [5.74, 6) is -0.695. The van der Waals surface area contributed by atoms with Crippen molar-refractivity contribution in [2.24, 2.45) is 5.73 Å². The molecular weight excluding hydrogens is 287 g/mol. The molecule has 0 aliphatic carbocycles. The number of methoxy groups -OCH3 is 1. The van der Waals surface area contributed by atoms with E-state index in [1.54, 1.807) is 17.0 Å². The molecule has 1 saturated heterocycles. The molecule has 1 aliphatic rings. The molecule has 2 rings (SSSR count). The van der Waals surface area contributed by atoms with Crippen molar-refractivity contribution in [3.05, 3.63) is 29.6 Å². The number of hydrogen-bond acceptors (Lipinski definition) is 3. The van der Waals surface area contributed by atoms with Crippen molar-refractivity contribution < 1.29 is 18.7 Å². The van der Waals surface area contributed by atoms with Crippen molar-refractivity contribution in [1.29, 1.82) is 0 Å². The largest absolute Gasteiger partial charge is 0.494 e. The number of halogens is 1. The van der Waals surface area contributed by atoms with Crippen molar-refractivity contribution in [3.8, 4) is 5.75 Å². The van der Waals surface area contributed by atoms with Crippen LogP contribution in [0.4, 0.5) is 4.39 Å². The Labute approximate surface area is 129 Å². The van der Waals surface area contributed by atoms with Gasteiger partial charge in [-0.15, -0.1) is 0 Å². The maximum absolute atomic E-state index is 13.6. The van der Waals surface area contributed by atoms with E-state index in [2.05, 4.69) is 0 Å². The molecule has 120 valence electrons. The van der Waals surface area contributed by atoms with Crippen LogP contribution in [0.2, 0.25) is 0 Å². The number of carbonyl (C=O) groups is 2. The Morgan fingerprint density at radius 2 is 2.23 bits per heavy atom.